The van der Waals surface area contributed by atoms with Crippen LogP contribution in [-0.2, 0) is 0 Å². The molecule has 20 heavy (non-hydrogen) atoms. The number of fused-ring (bicyclic) bond motifs is 1. The number of pyridine rings is 2. The topological polar surface area (TPSA) is 75.1 Å². The zero-order chi connectivity index (χ0) is 13.9. The van der Waals surface area contributed by atoms with Gasteiger partial charge in [0.2, 0.25) is 0 Å². The van der Waals surface area contributed by atoms with Crippen molar-refractivity contribution in [2.75, 3.05) is 0 Å². The lowest BCUT2D eigenvalue weighted by atomic mass is 10.0. The number of benzene rings is 1. The van der Waals surface area contributed by atoms with E-state index >= 15 is 0 Å². The van der Waals surface area contributed by atoms with Gasteiger partial charge in [-0.2, -0.15) is 0 Å². The fraction of sp³-hybridized carbons (Fsp3) is 0. The lowest BCUT2D eigenvalue weighted by Crippen LogP contribution is -2.18. The van der Waals surface area contributed by atoms with Crippen molar-refractivity contribution in [1.82, 2.24) is 15.4 Å². The molecule has 2 aromatic heterocycles. The quantitative estimate of drug-likeness (QED) is 0.551. The summed E-state index contributed by atoms with van der Waals surface area (Å²) in [6.07, 6.45) is 4.89. The molecule has 0 fully saturated rings. The van der Waals surface area contributed by atoms with E-state index in [-0.39, 0.29) is 0 Å². The summed E-state index contributed by atoms with van der Waals surface area (Å²) < 4.78 is 0. The lowest BCUT2D eigenvalue weighted by Gasteiger charge is -2.05. The number of amides is 1. The molecule has 0 aliphatic carbocycles. The van der Waals surface area contributed by atoms with Crippen molar-refractivity contribution in [3.05, 3.63) is 60.6 Å². The van der Waals surface area contributed by atoms with Crippen LogP contribution in [0.1, 0.15) is 10.4 Å². The van der Waals surface area contributed by atoms with Crippen LogP contribution in [0.2, 0.25) is 0 Å². The number of rotatable bonds is 2. The first kappa shape index (κ1) is 12.3. The van der Waals surface area contributed by atoms with Gasteiger partial charge in [-0.25, -0.2) is 5.48 Å². The van der Waals surface area contributed by atoms with Crippen LogP contribution in [0.3, 0.4) is 0 Å². The zero-order valence-corrected chi connectivity index (χ0v) is 10.4. The first-order valence-corrected chi connectivity index (χ1v) is 6.02. The summed E-state index contributed by atoms with van der Waals surface area (Å²) in [5.41, 5.74) is 4.76. The maximum Gasteiger partial charge on any atom is 0.276 e. The predicted octanol–water partition coefficient (Wildman–Crippen LogP) is 2.42. The number of hydrogen-bond acceptors (Lipinski definition) is 4. The van der Waals surface area contributed by atoms with Crippen LogP contribution in [0.5, 0.6) is 0 Å². The molecule has 0 spiro atoms. The SMILES string of the molecule is O=C(NO)c1cnc2ccc(-c3ccncc3)cc2c1. The third-order valence-corrected chi connectivity index (χ3v) is 3.06. The monoisotopic (exact) mass is 265 g/mol. The summed E-state index contributed by atoms with van der Waals surface area (Å²) in [4.78, 5) is 19.6. The van der Waals surface area contributed by atoms with E-state index in [1.807, 2.05) is 30.3 Å². The van der Waals surface area contributed by atoms with Crippen LogP contribution < -0.4 is 5.48 Å². The van der Waals surface area contributed by atoms with Crippen molar-refractivity contribution in [1.29, 1.82) is 0 Å². The van der Waals surface area contributed by atoms with E-state index in [9.17, 15) is 4.79 Å². The number of carbonyl (C=O) groups excluding carboxylic acids is 1. The number of nitrogens with zero attached hydrogens (tertiary/aromatic N) is 2. The third-order valence-electron chi connectivity index (χ3n) is 3.06. The number of carbonyl (C=O) groups is 1. The molecule has 0 radical (unpaired) electrons. The molecule has 0 saturated carbocycles. The van der Waals surface area contributed by atoms with Gasteiger partial charge in [-0.3, -0.25) is 20.0 Å². The van der Waals surface area contributed by atoms with Crippen molar-refractivity contribution in [2.45, 2.75) is 0 Å². The molecule has 0 unspecified atom stereocenters. The molecular weight excluding hydrogens is 254 g/mol. The second kappa shape index (κ2) is 5.07. The van der Waals surface area contributed by atoms with E-state index in [0.29, 0.717) is 5.56 Å². The Morgan fingerprint density at radius 3 is 2.60 bits per heavy atom. The van der Waals surface area contributed by atoms with Gasteiger partial charge >= 0.3 is 0 Å². The standard InChI is InChI=1S/C15H11N3O2/c19-15(18-20)13-8-12-7-11(1-2-14(12)17-9-13)10-3-5-16-6-4-10/h1-9,20H,(H,18,19). The minimum absolute atomic E-state index is 0.312. The molecular formula is C15H11N3O2. The molecule has 2 N–H and O–H groups in total. The van der Waals surface area contributed by atoms with Crippen LogP contribution >= 0.6 is 0 Å². The van der Waals surface area contributed by atoms with Crippen molar-refractivity contribution in [3.8, 4) is 11.1 Å². The molecule has 1 amide bonds. The molecule has 5 nitrogen and oxygen atoms in total. The molecule has 98 valence electrons. The van der Waals surface area contributed by atoms with Crippen LogP contribution in [-0.4, -0.2) is 21.1 Å². The average molecular weight is 265 g/mol. The normalized spacial score (nSPS) is 10.4. The van der Waals surface area contributed by atoms with Crippen molar-refractivity contribution < 1.29 is 10.0 Å². The summed E-state index contributed by atoms with van der Waals surface area (Å²) in [7, 11) is 0. The summed E-state index contributed by atoms with van der Waals surface area (Å²) >= 11 is 0. The lowest BCUT2D eigenvalue weighted by molar-refractivity contribution is 0.0706. The molecule has 0 saturated heterocycles. The predicted molar refractivity (Wildman–Crippen MR) is 74.2 cm³/mol. The molecule has 5 heteroatoms. The molecule has 1 aromatic carbocycles. The van der Waals surface area contributed by atoms with Gasteiger partial charge in [-0.05, 0) is 41.5 Å². The summed E-state index contributed by atoms with van der Waals surface area (Å²) in [5, 5.41) is 9.49. The molecule has 0 bridgehead atoms. The Morgan fingerprint density at radius 2 is 1.85 bits per heavy atom. The van der Waals surface area contributed by atoms with Gasteiger partial charge in [-0.1, -0.05) is 6.07 Å². The van der Waals surface area contributed by atoms with Crippen LogP contribution in [0.4, 0.5) is 0 Å². The van der Waals surface area contributed by atoms with Crippen molar-refractivity contribution in [3.63, 3.8) is 0 Å². The molecule has 3 rings (SSSR count). The summed E-state index contributed by atoms with van der Waals surface area (Å²) in [6, 6.07) is 11.3. The third kappa shape index (κ3) is 2.22. The molecule has 0 aliphatic rings. The van der Waals surface area contributed by atoms with Crippen molar-refractivity contribution >= 4 is 16.8 Å². The summed E-state index contributed by atoms with van der Waals surface area (Å²) in [6.45, 7) is 0. The Labute approximate surface area is 114 Å². The number of hydrogen-bond donors (Lipinski definition) is 2. The highest BCUT2D eigenvalue weighted by Gasteiger charge is 2.07. The minimum atomic E-state index is -0.575. The van der Waals surface area contributed by atoms with E-state index in [4.69, 9.17) is 5.21 Å². The second-order valence-electron chi connectivity index (χ2n) is 4.31. The Kier molecular flexibility index (Phi) is 3.10. The Bertz CT molecular complexity index is 772. The highest BCUT2D eigenvalue weighted by molar-refractivity contribution is 5.97. The van der Waals surface area contributed by atoms with Crippen LogP contribution in [0.25, 0.3) is 22.0 Å². The maximum absolute atomic E-state index is 11.4. The molecule has 0 aliphatic heterocycles. The van der Waals surface area contributed by atoms with Crippen LogP contribution in [0.15, 0.2) is 55.0 Å². The Balaban J connectivity index is 2.12. The average Bonchev–Trinajstić information content (AvgIpc) is 2.54. The number of aromatic nitrogens is 2. The smallest absolute Gasteiger partial charge is 0.276 e. The van der Waals surface area contributed by atoms with Crippen molar-refractivity contribution in [2.24, 2.45) is 0 Å². The second-order valence-corrected chi connectivity index (χ2v) is 4.31. The highest BCUT2D eigenvalue weighted by Crippen LogP contribution is 2.23. The fourth-order valence-electron chi connectivity index (χ4n) is 2.04. The zero-order valence-electron chi connectivity index (χ0n) is 10.4. The van der Waals surface area contributed by atoms with Gasteiger partial charge < -0.3 is 0 Å². The Morgan fingerprint density at radius 1 is 1.05 bits per heavy atom. The Hall–Kier alpha value is -2.79. The minimum Gasteiger partial charge on any atom is -0.288 e. The number of hydroxylamine groups is 1. The van der Waals surface area contributed by atoms with E-state index in [0.717, 1.165) is 22.0 Å². The van der Waals surface area contributed by atoms with E-state index in [2.05, 4.69) is 9.97 Å². The fourth-order valence-corrected chi connectivity index (χ4v) is 2.04. The highest BCUT2D eigenvalue weighted by atomic mass is 16.5. The molecule has 3 aromatic rings. The van der Waals surface area contributed by atoms with E-state index in [1.54, 1.807) is 23.9 Å². The van der Waals surface area contributed by atoms with Crippen LogP contribution in [0, 0.1) is 0 Å². The number of nitrogens with one attached hydrogen (secondary N) is 1. The van der Waals surface area contributed by atoms with E-state index < -0.39 is 5.91 Å². The van der Waals surface area contributed by atoms with Gasteiger partial charge in [0, 0.05) is 24.0 Å². The summed E-state index contributed by atoms with van der Waals surface area (Å²) in [5.74, 6) is -0.575. The van der Waals surface area contributed by atoms with Gasteiger partial charge in [0.1, 0.15) is 0 Å². The first-order chi connectivity index (χ1) is 9.78. The molecule has 2 heterocycles. The molecule has 0 atom stereocenters. The maximum atomic E-state index is 11.4. The van der Waals surface area contributed by atoms with Gasteiger partial charge in [0.25, 0.3) is 5.91 Å². The first-order valence-electron chi connectivity index (χ1n) is 6.02. The largest absolute Gasteiger partial charge is 0.288 e. The van der Waals surface area contributed by atoms with Gasteiger partial charge in [0.05, 0.1) is 11.1 Å². The van der Waals surface area contributed by atoms with Gasteiger partial charge in [-0.15, -0.1) is 0 Å². The van der Waals surface area contributed by atoms with E-state index in [1.165, 1.54) is 6.20 Å². The van der Waals surface area contributed by atoms with Gasteiger partial charge in [0.15, 0.2) is 0 Å².